The van der Waals surface area contributed by atoms with Crippen LogP contribution in [0.5, 0.6) is 11.6 Å². The highest BCUT2D eigenvalue weighted by atomic mass is 35.5. The van der Waals surface area contributed by atoms with Gasteiger partial charge in [0.15, 0.2) is 0 Å². The Morgan fingerprint density at radius 1 is 1.24 bits per heavy atom. The van der Waals surface area contributed by atoms with Crippen LogP contribution in [0.4, 0.5) is 13.2 Å². The molecule has 0 spiro atoms. The smallest absolute Gasteiger partial charge is 0.388 e. The van der Waals surface area contributed by atoms with Gasteiger partial charge in [-0.1, -0.05) is 35.0 Å². The number of halogens is 5. The number of hydrogen-bond acceptors (Lipinski definition) is 3. The highest BCUT2D eigenvalue weighted by Crippen LogP contribution is 2.40. The molecular formula is C16H9Cl2F3N2O2. The van der Waals surface area contributed by atoms with Crippen LogP contribution in [0.1, 0.15) is 0 Å². The maximum absolute atomic E-state index is 14.3. The topological polar surface area (TPSA) is 36.3 Å². The van der Waals surface area contributed by atoms with Crippen molar-refractivity contribution in [2.24, 2.45) is 0 Å². The molecule has 0 fully saturated rings. The van der Waals surface area contributed by atoms with Crippen LogP contribution in [0.2, 0.25) is 10.0 Å². The monoisotopic (exact) mass is 388 g/mol. The van der Waals surface area contributed by atoms with Crippen molar-refractivity contribution < 1.29 is 22.6 Å². The van der Waals surface area contributed by atoms with Crippen molar-refractivity contribution in [3.8, 4) is 47.6 Å². The van der Waals surface area contributed by atoms with Gasteiger partial charge in [-0.25, -0.2) is 9.07 Å². The molecule has 0 unspecified atom stereocenters. The summed E-state index contributed by atoms with van der Waals surface area (Å²) in [7, 11) is 0. The van der Waals surface area contributed by atoms with Crippen LogP contribution < -0.4 is 9.47 Å². The molecule has 0 amide bonds. The zero-order chi connectivity index (χ0) is 18.6. The Morgan fingerprint density at radius 2 is 1.96 bits per heavy atom. The van der Waals surface area contributed by atoms with Gasteiger partial charge in [-0.2, -0.15) is 13.9 Å². The first kappa shape index (κ1) is 18.9. The molecule has 0 aliphatic heterocycles. The van der Waals surface area contributed by atoms with Gasteiger partial charge >= 0.3 is 6.61 Å². The van der Waals surface area contributed by atoms with E-state index < -0.39 is 18.3 Å². The van der Waals surface area contributed by atoms with Crippen LogP contribution in [0.15, 0.2) is 12.1 Å². The highest BCUT2D eigenvalue weighted by molar-refractivity contribution is 6.34. The van der Waals surface area contributed by atoms with Crippen LogP contribution in [0.3, 0.4) is 0 Å². The molecule has 2 rings (SSSR count). The van der Waals surface area contributed by atoms with E-state index in [1.54, 1.807) is 0 Å². The van der Waals surface area contributed by atoms with Gasteiger partial charge in [0.25, 0.3) is 0 Å². The molecule has 1 aromatic carbocycles. The van der Waals surface area contributed by atoms with E-state index in [9.17, 15) is 13.2 Å². The van der Waals surface area contributed by atoms with Gasteiger partial charge in [0, 0.05) is 5.56 Å². The van der Waals surface area contributed by atoms with Crippen molar-refractivity contribution >= 4 is 23.2 Å². The minimum absolute atomic E-state index is 0.0280. The molecule has 0 radical (unpaired) electrons. The van der Waals surface area contributed by atoms with Crippen molar-refractivity contribution in [1.29, 1.82) is 0 Å². The number of ether oxygens (including phenoxy) is 2. The maximum atomic E-state index is 14.3. The molecule has 0 N–H and O–H groups in total. The standard InChI is InChI=1S/C16H9Cl2F3N2O2/c1-3-5-23-15(25-16(20)21)13(18)14(22-23)9-7-12(24-6-4-2)10(17)8-11(9)19/h1-2,7-8,16H,5-6H2. The second-order valence-electron chi connectivity index (χ2n) is 4.46. The Balaban J connectivity index is 2.58. The summed E-state index contributed by atoms with van der Waals surface area (Å²) in [4.78, 5) is 0. The molecular weight excluding hydrogens is 380 g/mol. The Morgan fingerprint density at radius 3 is 2.56 bits per heavy atom. The fourth-order valence-corrected chi connectivity index (χ4v) is 2.41. The van der Waals surface area contributed by atoms with Gasteiger partial charge in [0.2, 0.25) is 5.88 Å². The Bertz CT molecular complexity index is 870. The first-order valence-corrected chi connectivity index (χ1v) is 7.34. The van der Waals surface area contributed by atoms with Crippen LogP contribution in [0, 0.1) is 30.5 Å². The zero-order valence-corrected chi connectivity index (χ0v) is 13.9. The molecule has 4 nitrogen and oxygen atoms in total. The van der Waals surface area contributed by atoms with E-state index in [-0.39, 0.29) is 40.2 Å². The van der Waals surface area contributed by atoms with E-state index >= 15 is 0 Å². The van der Waals surface area contributed by atoms with E-state index in [2.05, 4.69) is 21.7 Å². The molecule has 9 heteroatoms. The zero-order valence-electron chi connectivity index (χ0n) is 12.4. The first-order valence-electron chi connectivity index (χ1n) is 6.59. The summed E-state index contributed by atoms with van der Waals surface area (Å²) >= 11 is 11.9. The van der Waals surface area contributed by atoms with Crippen molar-refractivity contribution in [1.82, 2.24) is 9.78 Å². The van der Waals surface area contributed by atoms with Gasteiger partial charge in [-0.15, -0.1) is 12.8 Å². The SMILES string of the molecule is C#CCOc1cc(-c2nn(CC#C)c(OC(F)F)c2Cl)c(F)cc1Cl. The lowest BCUT2D eigenvalue weighted by Crippen LogP contribution is -2.08. The lowest BCUT2D eigenvalue weighted by Gasteiger charge is -2.08. The Kier molecular flexibility index (Phi) is 6.08. The molecule has 0 bridgehead atoms. The average Bonchev–Trinajstić information content (AvgIpc) is 2.83. The van der Waals surface area contributed by atoms with Gasteiger partial charge in [0.1, 0.15) is 35.4 Å². The Labute approximate surface area is 151 Å². The number of benzene rings is 1. The second kappa shape index (κ2) is 8.06. The van der Waals surface area contributed by atoms with Crippen LogP contribution in [-0.2, 0) is 6.54 Å². The molecule has 0 aliphatic carbocycles. The molecule has 0 aliphatic rings. The average molecular weight is 389 g/mol. The molecule has 130 valence electrons. The summed E-state index contributed by atoms with van der Waals surface area (Å²) in [6.07, 6.45) is 10.3. The summed E-state index contributed by atoms with van der Waals surface area (Å²) in [5.74, 6) is 3.24. The highest BCUT2D eigenvalue weighted by Gasteiger charge is 2.24. The van der Waals surface area contributed by atoms with Crippen LogP contribution >= 0.6 is 23.2 Å². The third-order valence-electron chi connectivity index (χ3n) is 2.88. The van der Waals surface area contributed by atoms with Gasteiger partial charge in [-0.05, 0) is 12.1 Å². The normalized spacial score (nSPS) is 10.4. The van der Waals surface area contributed by atoms with Crippen molar-refractivity contribution in [3.63, 3.8) is 0 Å². The third-order valence-corrected chi connectivity index (χ3v) is 3.52. The van der Waals surface area contributed by atoms with E-state index in [4.69, 9.17) is 40.8 Å². The Hall–Kier alpha value is -2.48. The summed E-state index contributed by atoms with van der Waals surface area (Å²) in [6.45, 7) is -3.48. The fraction of sp³-hybridized carbons (Fsp3) is 0.188. The molecule has 2 aromatic rings. The summed E-state index contributed by atoms with van der Waals surface area (Å²) in [5, 5.41) is 3.58. The maximum Gasteiger partial charge on any atom is 0.388 e. The summed E-state index contributed by atoms with van der Waals surface area (Å²) < 4.78 is 49.9. The fourth-order valence-electron chi connectivity index (χ4n) is 1.93. The number of hydrogen-bond donors (Lipinski definition) is 0. The van der Waals surface area contributed by atoms with E-state index in [1.807, 2.05) is 0 Å². The van der Waals surface area contributed by atoms with Crippen LogP contribution in [0.25, 0.3) is 11.3 Å². The molecule has 0 saturated heterocycles. The minimum atomic E-state index is -3.16. The first-order chi connectivity index (χ1) is 11.9. The summed E-state index contributed by atoms with van der Waals surface area (Å²) in [5.41, 5.74) is -0.302. The lowest BCUT2D eigenvalue weighted by atomic mass is 10.1. The van der Waals surface area contributed by atoms with Crippen molar-refractivity contribution in [2.45, 2.75) is 13.2 Å². The molecule has 25 heavy (non-hydrogen) atoms. The molecule has 1 heterocycles. The number of nitrogens with zero attached hydrogens (tertiary/aromatic N) is 2. The number of aromatic nitrogens is 2. The molecule has 0 saturated carbocycles. The lowest BCUT2D eigenvalue weighted by molar-refractivity contribution is -0.0554. The molecule has 0 atom stereocenters. The number of alkyl halides is 2. The number of terminal acetylenes is 2. The second-order valence-corrected chi connectivity index (χ2v) is 5.25. The predicted molar refractivity (Wildman–Crippen MR) is 87.4 cm³/mol. The van der Waals surface area contributed by atoms with E-state index in [0.717, 1.165) is 10.7 Å². The van der Waals surface area contributed by atoms with Crippen molar-refractivity contribution in [2.75, 3.05) is 6.61 Å². The van der Waals surface area contributed by atoms with Crippen LogP contribution in [-0.4, -0.2) is 23.0 Å². The van der Waals surface area contributed by atoms with Gasteiger partial charge in [0.05, 0.1) is 5.02 Å². The van der Waals surface area contributed by atoms with E-state index in [0.29, 0.717) is 0 Å². The molecule has 1 aromatic heterocycles. The minimum Gasteiger partial charge on any atom is -0.479 e. The quantitative estimate of drug-likeness (QED) is 0.694. The van der Waals surface area contributed by atoms with E-state index in [1.165, 1.54) is 6.07 Å². The number of rotatable bonds is 6. The largest absolute Gasteiger partial charge is 0.479 e. The predicted octanol–water partition coefficient (Wildman–Crippen LogP) is 4.24. The summed E-state index contributed by atoms with van der Waals surface area (Å²) in [6, 6.07) is 2.17. The third kappa shape index (κ3) is 4.14. The van der Waals surface area contributed by atoms with Gasteiger partial charge < -0.3 is 9.47 Å². The van der Waals surface area contributed by atoms with Crippen molar-refractivity contribution in [3.05, 3.63) is 28.0 Å². The van der Waals surface area contributed by atoms with Gasteiger partial charge in [-0.3, -0.25) is 0 Å².